The molecule has 0 amide bonds. The molecule has 202 valence electrons. The largest absolute Gasteiger partial charge is 0.490 e. The first-order valence-corrected chi connectivity index (χ1v) is 13.9. The molecule has 0 radical (unpaired) electrons. The average molecular weight is 558 g/mol. The van der Waals surface area contributed by atoms with Crippen molar-refractivity contribution in [1.82, 2.24) is 5.32 Å². The van der Waals surface area contributed by atoms with Gasteiger partial charge in [-0.05, 0) is 66.9 Å². The van der Waals surface area contributed by atoms with Crippen molar-refractivity contribution in [1.29, 1.82) is 0 Å². The smallest absolute Gasteiger partial charge is 0.142 e. The van der Waals surface area contributed by atoms with E-state index in [9.17, 15) is 0 Å². The summed E-state index contributed by atoms with van der Waals surface area (Å²) in [6.07, 6.45) is 2.09. The van der Waals surface area contributed by atoms with E-state index in [1.807, 2.05) is 18.2 Å². The lowest BCUT2D eigenvalue weighted by Crippen LogP contribution is -2.41. The quantitative estimate of drug-likeness (QED) is 0.281. The molecule has 2 aliphatic rings. The number of fused-ring (bicyclic) bond motifs is 1. The number of nitrogens with zero attached hydrogens (tertiary/aromatic N) is 1. The normalized spacial score (nSPS) is 19.1. The highest BCUT2D eigenvalue weighted by atomic mass is 35.5. The minimum Gasteiger partial charge on any atom is -0.490 e. The summed E-state index contributed by atoms with van der Waals surface area (Å²) in [5.41, 5.74) is 3.55. The third-order valence-corrected chi connectivity index (χ3v) is 7.82. The van der Waals surface area contributed by atoms with Gasteiger partial charge in [-0.3, -0.25) is 0 Å². The van der Waals surface area contributed by atoms with Crippen LogP contribution in [0.2, 0.25) is 10.0 Å². The molecule has 0 aromatic heterocycles. The van der Waals surface area contributed by atoms with Gasteiger partial charge in [0, 0.05) is 38.8 Å². The highest BCUT2D eigenvalue weighted by Crippen LogP contribution is 2.35. The molecular weight excluding hydrogens is 523 g/mol. The molecule has 2 atom stereocenters. The van der Waals surface area contributed by atoms with Crippen molar-refractivity contribution in [3.05, 3.63) is 81.8 Å². The summed E-state index contributed by atoms with van der Waals surface area (Å²) >= 11 is 12.1. The third-order valence-electron chi connectivity index (χ3n) is 7.08. The Balaban J connectivity index is 1.22. The van der Waals surface area contributed by atoms with Crippen LogP contribution in [-0.2, 0) is 16.1 Å². The highest BCUT2D eigenvalue weighted by molar-refractivity contribution is 6.42. The van der Waals surface area contributed by atoms with Gasteiger partial charge in [-0.15, -0.1) is 0 Å². The van der Waals surface area contributed by atoms with Crippen molar-refractivity contribution >= 4 is 28.9 Å². The van der Waals surface area contributed by atoms with Crippen LogP contribution in [0.4, 0.5) is 5.69 Å². The number of anilines is 1. The van der Waals surface area contributed by atoms with Gasteiger partial charge in [0.15, 0.2) is 0 Å². The topological polar surface area (TPSA) is 52.2 Å². The number of ether oxygens (including phenoxy) is 4. The molecule has 1 fully saturated rings. The molecular formula is C30H34Cl2N2O4. The van der Waals surface area contributed by atoms with E-state index >= 15 is 0 Å². The van der Waals surface area contributed by atoms with Gasteiger partial charge in [-0.1, -0.05) is 41.4 Å². The van der Waals surface area contributed by atoms with Crippen LogP contribution in [0.5, 0.6) is 17.2 Å². The van der Waals surface area contributed by atoms with Crippen LogP contribution in [-0.4, -0.2) is 52.6 Å². The minimum absolute atomic E-state index is 0.0793. The fourth-order valence-corrected chi connectivity index (χ4v) is 5.38. The van der Waals surface area contributed by atoms with Crippen molar-refractivity contribution in [2.24, 2.45) is 0 Å². The number of halogens is 2. The first-order chi connectivity index (χ1) is 18.6. The molecule has 5 rings (SSSR count). The zero-order valence-corrected chi connectivity index (χ0v) is 23.1. The molecule has 0 aliphatic carbocycles. The summed E-state index contributed by atoms with van der Waals surface area (Å²) in [4.78, 5) is 2.38. The average Bonchev–Trinajstić information content (AvgIpc) is 2.95. The Morgan fingerprint density at radius 3 is 2.66 bits per heavy atom. The van der Waals surface area contributed by atoms with E-state index in [4.69, 9.17) is 42.1 Å². The number of rotatable bonds is 10. The molecule has 1 N–H and O–H groups in total. The fraction of sp³-hybridized carbons (Fsp3) is 0.400. The van der Waals surface area contributed by atoms with Gasteiger partial charge >= 0.3 is 0 Å². The lowest BCUT2D eigenvalue weighted by Gasteiger charge is -2.33. The maximum Gasteiger partial charge on any atom is 0.142 e. The standard InChI is InChI=1S/C30H34Cl2N2O4/c1-35-15-2-13-34-14-16-36-29-10-3-21(17-28(29)34)20-37-30-19-33-12-11-25(30)22-4-6-23(7-5-22)38-24-8-9-26(31)27(32)18-24/h3-10,17-18,25,30,33H,2,11-16,19-20H2,1H3/t25-,30+/m1/s1. The van der Waals surface area contributed by atoms with E-state index in [0.29, 0.717) is 34.9 Å². The molecule has 2 heterocycles. The molecule has 2 aliphatic heterocycles. The molecule has 1 saturated heterocycles. The SMILES string of the molecule is COCCCN1CCOc2ccc(CO[C@H]3CNCC[C@@H]3c3ccc(Oc4ccc(Cl)c(Cl)c4)cc3)cc21. The maximum atomic E-state index is 6.51. The molecule has 8 heteroatoms. The van der Waals surface area contributed by atoms with Gasteiger partial charge in [0.25, 0.3) is 0 Å². The summed E-state index contributed by atoms with van der Waals surface area (Å²) in [5.74, 6) is 2.66. The summed E-state index contributed by atoms with van der Waals surface area (Å²) in [7, 11) is 1.75. The molecule has 6 nitrogen and oxygen atoms in total. The number of hydrogen-bond donors (Lipinski definition) is 1. The minimum atomic E-state index is 0.0793. The first kappa shape index (κ1) is 27.1. The predicted octanol–water partition coefficient (Wildman–Crippen LogP) is 6.68. The van der Waals surface area contributed by atoms with Crippen molar-refractivity contribution in [2.45, 2.75) is 31.5 Å². The summed E-state index contributed by atoms with van der Waals surface area (Å²) in [5, 5.41) is 4.48. The maximum absolute atomic E-state index is 6.51. The molecule has 3 aromatic carbocycles. The summed E-state index contributed by atoms with van der Waals surface area (Å²) in [6.45, 7) is 5.66. The van der Waals surface area contributed by atoms with Crippen LogP contribution < -0.4 is 19.7 Å². The molecule has 0 saturated carbocycles. The van der Waals surface area contributed by atoms with E-state index in [1.54, 1.807) is 19.2 Å². The third kappa shape index (κ3) is 6.74. The molecule has 3 aromatic rings. The van der Waals surface area contributed by atoms with E-state index in [1.165, 1.54) is 5.56 Å². The van der Waals surface area contributed by atoms with Gasteiger partial charge in [0.2, 0.25) is 0 Å². The van der Waals surface area contributed by atoms with Crippen molar-refractivity contribution < 1.29 is 18.9 Å². The zero-order chi connectivity index (χ0) is 26.3. The lowest BCUT2D eigenvalue weighted by atomic mass is 9.87. The van der Waals surface area contributed by atoms with Crippen LogP contribution in [0.15, 0.2) is 60.7 Å². The number of benzene rings is 3. The molecule has 0 unspecified atom stereocenters. The number of hydrogen-bond acceptors (Lipinski definition) is 6. The van der Waals surface area contributed by atoms with Crippen molar-refractivity contribution in [3.8, 4) is 17.2 Å². The van der Waals surface area contributed by atoms with Gasteiger partial charge in [-0.25, -0.2) is 0 Å². The zero-order valence-electron chi connectivity index (χ0n) is 21.6. The van der Waals surface area contributed by atoms with Gasteiger partial charge in [-0.2, -0.15) is 0 Å². The van der Waals surface area contributed by atoms with Crippen molar-refractivity contribution in [2.75, 3.05) is 51.4 Å². The summed E-state index contributed by atoms with van der Waals surface area (Å²) < 4.78 is 23.6. The van der Waals surface area contributed by atoms with E-state index in [2.05, 4.69) is 40.5 Å². The number of piperidine rings is 1. The fourth-order valence-electron chi connectivity index (χ4n) is 5.09. The van der Waals surface area contributed by atoms with Gasteiger partial charge < -0.3 is 29.2 Å². The molecule has 38 heavy (non-hydrogen) atoms. The van der Waals surface area contributed by atoms with Gasteiger partial charge in [0.1, 0.15) is 23.9 Å². The second kappa shape index (κ2) is 13.0. The second-order valence-corrected chi connectivity index (χ2v) is 10.5. The van der Waals surface area contributed by atoms with Crippen LogP contribution in [0, 0.1) is 0 Å². The van der Waals surface area contributed by atoms with E-state index in [0.717, 1.165) is 68.4 Å². The Bertz CT molecular complexity index is 1210. The van der Waals surface area contributed by atoms with Crippen LogP contribution in [0.25, 0.3) is 0 Å². The monoisotopic (exact) mass is 556 g/mol. The predicted molar refractivity (Wildman–Crippen MR) is 152 cm³/mol. The lowest BCUT2D eigenvalue weighted by molar-refractivity contribution is 0.0106. The van der Waals surface area contributed by atoms with Crippen LogP contribution in [0.1, 0.15) is 29.9 Å². The number of methoxy groups -OCH3 is 1. The Labute approximate surface area is 234 Å². The van der Waals surface area contributed by atoms with Gasteiger partial charge in [0.05, 0.1) is 35.0 Å². The van der Waals surface area contributed by atoms with Crippen LogP contribution >= 0.6 is 23.2 Å². The van der Waals surface area contributed by atoms with E-state index in [-0.39, 0.29) is 6.10 Å². The summed E-state index contributed by atoms with van der Waals surface area (Å²) in [6, 6.07) is 19.9. The number of nitrogens with one attached hydrogen (secondary N) is 1. The highest BCUT2D eigenvalue weighted by Gasteiger charge is 2.27. The Morgan fingerprint density at radius 1 is 1.00 bits per heavy atom. The van der Waals surface area contributed by atoms with E-state index < -0.39 is 0 Å². The van der Waals surface area contributed by atoms with Crippen molar-refractivity contribution in [3.63, 3.8) is 0 Å². The second-order valence-electron chi connectivity index (χ2n) is 9.68. The molecule has 0 bridgehead atoms. The first-order valence-electron chi connectivity index (χ1n) is 13.2. The Hall–Kier alpha value is -2.48. The molecule has 0 spiro atoms. The Kier molecular flexibility index (Phi) is 9.31. The Morgan fingerprint density at radius 2 is 1.84 bits per heavy atom. The van der Waals surface area contributed by atoms with Crippen LogP contribution in [0.3, 0.4) is 0 Å².